The van der Waals surface area contributed by atoms with Gasteiger partial charge in [-0.2, -0.15) is 0 Å². The summed E-state index contributed by atoms with van der Waals surface area (Å²) in [6.45, 7) is 1.01. The fourth-order valence-electron chi connectivity index (χ4n) is 3.77. The van der Waals surface area contributed by atoms with Crippen LogP contribution < -0.4 is 29.2 Å². The molecule has 2 heterocycles. The minimum atomic E-state index is -0.402. The van der Waals surface area contributed by atoms with Gasteiger partial charge >= 0.3 is 0 Å². The number of rotatable bonds is 4. The molecule has 1 amide bonds. The predicted octanol–water partition coefficient (Wildman–Crippen LogP) is 1.18. The van der Waals surface area contributed by atoms with Crippen LogP contribution in [0.3, 0.4) is 0 Å². The summed E-state index contributed by atoms with van der Waals surface area (Å²) in [7, 11) is 5.23. The molecule has 0 spiro atoms. The van der Waals surface area contributed by atoms with Gasteiger partial charge in [0.15, 0.2) is 17.5 Å². The Morgan fingerprint density at radius 3 is 2.67 bits per heavy atom. The summed E-state index contributed by atoms with van der Waals surface area (Å²) in [6, 6.07) is 8.86. The molecule has 0 aromatic heterocycles. The van der Waals surface area contributed by atoms with Gasteiger partial charge in [0.1, 0.15) is 5.75 Å². The first-order chi connectivity index (χ1) is 13.1. The van der Waals surface area contributed by atoms with E-state index in [0.717, 1.165) is 40.4 Å². The first-order valence-corrected chi connectivity index (χ1v) is 8.89. The number of methoxy groups -OCH3 is 2. The number of hydrogen-bond acceptors (Lipinski definition) is 5. The molecular weight excluding hydrogens is 348 g/mol. The lowest BCUT2D eigenvalue weighted by atomic mass is 9.90. The van der Waals surface area contributed by atoms with Crippen molar-refractivity contribution in [2.24, 2.45) is 0 Å². The maximum Gasteiger partial charge on any atom is 0.287 e. The lowest BCUT2D eigenvalue weighted by Crippen LogP contribution is -3.11. The number of anilines is 1. The average Bonchev–Trinajstić information content (AvgIpc) is 3.15. The fraction of sp³-hybridized carbons (Fsp3) is 0.350. The quantitative estimate of drug-likeness (QED) is 0.845. The maximum absolute atomic E-state index is 13.2. The smallest absolute Gasteiger partial charge is 0.287 e. The van der Waals surface area contributed by atoms with Gasteiger partial charge in [-0.05, 0) is 35.9 Å². The summed E-state index contributed by atoms with van der Waals surface area (Å²) in [5.41, 5.74) is 2.66. The van der Waals surface area contributed by atoms with Crippen LogP contribution in [-0.4, -0.2) is 40.5 Å². The molecular formula is C20H23N2O5+. The molecule has 7 nitrogen and oxygen atoms in total. The number of likely N-dealkylation sites (N-methyl/N-ethyl adjacent to an activating group) is 1. The number of carbonyl (C=O) groups is 1. The van der Waals surface area contributed by atoms with Gasteiger partial charge in [-0.25, -0.2) is 0 Å². The second kappa shape index (κ2) is 7.00. The third kappa shape index (κ3) is 3.04. The topological polar surface area (TPSA) is 70.5 Å². The summed E-state index contributed by atoms with van der Waals surface area (Å²) in [4.78, 5) is 14.3. The number of ether oxygens (including phenoxy) is 4. The zero-order valence-electron chi connectivity index (χ0n) is 15.6. The molecule has 0 saturated carbocycles. The fourth-order valence-corrected chi connectivity index (χ4v) is 3.77. The van der Waals surface area contributed by atoms with Crippen LogP contribution in [0.4, 0.5) is 5.69 Å². The van der Waals surface area contributed by atoms with Crippen LogP contribution >= 0.6 is 0 Å². The largest absolute Gasteiger partial charge is 0.497 e. The number of hydrogen-bond donors (Lipinski definition) is 2. The van der Waals surface area contributed by atoms with Crippen LogP contribution in [0.2, 0.25) is 0 Å². The molecule has 2 aliphatic heterocycles. The highest BCUT2D eigenvalue weighted by Crippen LogP contribution is 2.47. The summed E-state index contributed by atoms with van der Waals surface area (Å²) in [5, 5.41) is 3.01. The second-order valence-electron chi connectivity index (χ2n) is 6.71. The minimum absolute atomic E-state index is 0.0872. The normalized spacial score (nSPS) is 20.0. The van der Waals surface area contributed by atoms with Crippen molar-refractivity contribution in [1.29, 1.82) is 0 Å². The molecule has 2 aromatic rings. The van der Waals surface area contributed by atoms with Crippen LogP contribution in [-0.2, 0) is 11.2 Å². The van der Waals surface area contributed by atoms with Crippen LogP contribution in [0.25, 0.3) is 0 Å². The Bertz CT molecular complexity index is 866. The van der Waals surface area contributed by atoms with Crippen molar-refractivity contribution in [2.45, 2.75) is 12.5 Å². The van der Waals surface area contributed by atoms with Crippen LogP contribution in [0.1, 0.15) is 17.2 Å². The number of carbonyl (C=O) groups excluding carboxylic acids is 1. The highest BCUT2D eigenvalue weighted by Gasteiger charge is 2.40. The van der Waals surface area contributed by atoms with E-state index in [2.05, 4.69) is 5.32 Å². The van der Waals surface area contributed by atoms with Crippen LogP contribution in [0.15, 0.2) is 30.3 Å². The van der Waals surface area contributed by atoms with Gasteiger partial charge in [0.2, 0.25) is 12.5 Å². The Morgan fingerprint density at radius 2 is 1.96 bits per heavy atom. The monoisotopic (exact) mass is 371 g/mol. The zero-order valence-corrected chi connectivity index (χ0v) is 15.6. The van der Waals surface area contributed by atoms with Gasteiger partial charge in [0.05, 0.1) is 33.4 Å². The molecule has 2 aromatic carbocycles. The molecule has 0 radical (unpaired) electrons. The summed E-state index contributed by atoms with van der Waals surface area (Å²) in [5.74, 6) is 2.51. The minimum Gasteiger partial charge on any atom is -0.497 e. The van der Waals surface area contributed by atoms with E-state index in [1.807, 2.05) is 37.4 Å². The molecule has 7 heteroatoms. The van der Waals surface area contributed by atoms with Gasteiger partial charge in [-0.1, -0.05) is 0 Å². The van der Waals surface area contributed by atoms with E-state index in [-0.39, 0.29) is 12.7 Å². The Labute approximate surface area is 157 Å². The van der Waals surface area contributed by atoms with Gasteiger partial charge in [-0.3, -0.25) is 4.79 Å². The first-order valence-electron chi connectivity index (χ1n) is 8.89. The van der Waals surface area contributed by atoms with Gasteiger partial charge in [0, 0.05) is 12.1 Å². The predicted molar refractivity (Wildman–Crippen MR) is 98.9 cm³/mol. The number of benzene rings is 2. The van der Waals surface area contributed by atoms with E-state index >= 15 is 0 Å². The van der Waals surface area contributed by atoms with E-state index in [0.29, 0.717) is 17.2 Å². The third-order valence-electron chi connectivity index (χ3n) is 5.14. The molecule has 4 rings (SSSR count). The van der Waals surface area contributed by atoms with Crippen molar-refractivity contribution in [3.63, 3.8) is 0 Å². The highest BCUT2D eigenvalue weighted by atomic mass is 16.7. The summed E-state index contributed by atoms with van der Waals surface area (Å²) >= 11 is 0. The maximum atomic E-state index is 13.2. The van der Waals surface area contributed by atoms with E-state index in [4.69, 9.17) is 18.9 Å². The van der Waals surface area contributed by atoms with Gasteiger partial charge < -0.3 is 29.2 Å². The molecule has 0 bridgehead atoms. The third-order valence-corrected chi connectivity index (χ3v) is 5.14. The lowest BCUT2D eigenvalue weighted by molar-refractivity contribution is -0.904. The summed E-state index contributed by atoms with van der Waals surface area (Å²) in [6.07, 6.45) is 0.848. The molecule has 1 unspecified atom stereocenters. The highest BCUT2D eigenvalue weighted by molar-refractivity contribution is 5.95. The van der Waals surface area contributed by atoms with Crippen molar-refractivity contribution >= 4 is 11.6 Å². The number of amides is 1. The van der Waals surface area contributed by atoms with Crippen molar-refractivity contribution in [3.8, 4) is 23.0 Å². The molecule has 2 N–H and O–H groups in total. The van der Waals surface area contributed by atoms with E-state index in [1.165, 1.54) is 0 Å². The second-order valence-corrected chi connectivity index (χ2v) is 6.71. The molecule has 2 atom stereocenters. The molecule has 142 valence electrons. The van der Waals surface area contributed by atoms with Crippen molar-refractivity contribution < 1.29 is 28.6 Å². The van der Waals surface area contributed by atoms with E-state index in [1.54, 1.807) is 14.2 Å². The zero-order chi connectivity index (χ0) is 19.0. The molecule has 2 aliphatic rings. The molecule has 27 heavy (non-hydrogen) atoms. The summed E-state index contributed by atoms with van der Waals surface area (Å²) < 4.78 is 21.9. The lowest BCUT2D eigenvalue weighted by Gasteiger charge is -2.32. The SMILES string of the molecule is COc1ccc(NC(=O)[C@@H]2c3c(cc4c(c3OC)OCO4)CC[NH+]2C)cc1. The van der Waals surface area contributed by atoms with E-state index < -0.39 is 6.04 Å². The molecule has 0 saturated heterocycles. The van der Waals surface area contributed by atoms with Crippen LogP contribution in [0, 0.1) is 0 Å². The van der Waals surface area contributed by atoms with Crippen molar-refractivity contribution in [1.82, 2.24) is 0 Å². The Kier molecular flexibility index (Phi) is 4.53. The number of nitrogens with one attached hydrogen (secondary N) is 2. The van der Waals surface area contributed by atoms with E-state index in [9.17, 15) is 4.79 Å². The average molecular weight is 371 g/mol. The Balaban J connectivity index is 1.69. The van der Waals surface area contributed by atoms with Gasteiger partial charge in [0.25, 0.3) is 5.91 Å². The standard InChI is InChI=1S/C20H22N2O5/c1-22-9-8-12-10-15-18(27-11-26-15)19(25-3)16(12)17(22)20(23)21-13-4-6-14(24-2)7-5-13/h4-7,10,17H,8-9,11H2,1-3H3,(H,21,23)/p+1/t17-/m0/s1. The first kappa shape index (κ1) is 17.5. The molecule has 0 aliphatic carbocycles. The van der Waals surface area contributed by atoms with Gasteiger partial charge in [-0.15, -0.1) is 0 Å². The van der Waals surface area contributed by atoms with Crippen LogP contribution in [0.5, 0.6) is 23.0 Å². The number of fused-ring (bicyclic) bond motifs is 2. The Hall–Kier alpha value is -2.93. The molecule has 0 fully saturated rings. The Morgan fingerprint density at radius 1 is 1.19 bits per heavy atom. The number of quaternary nitrogens is 1. The van der Waals surface area contributed by atoms with Crippen molar-refractivity contribution in [2.75, 3.05) is 39.9 Å². The van der Waals surface area contributed by atoms with Crippen molar-refractivity contribution in [3.05, 3.63) is 41.5 Å².